The summed E-state index contributed by atoms with van der Waals surface area (Å²) in [6.45, 7) is 2.47. The van der Waals surface area contributed by atoms with Gasteiger partial charge in [0.25, 0.3) is 11.5 Å². The van der Waals surface area contributed by atoms with Crippen LogP contribution in [-0.2, 0) is 16.5 Å². The summed E-state index contributed by atoms with van der Waals surface area (Å²) in [7, 11) is 3.36. The number of hydrogen-bond acceptors (Lipinski definition) is 6. The Labute approximate surface area is 132 Å². The van der Waals surface area contributed by atoms with E-state index in [0.717, 1.165) is 0 Å². The molecule has 0 bridgehead atoms. The van der Waals surface area contributed by atoms with Crippen molar-refractivity contribution >= 4 is 17.1 Å². The lowest BCUT2D eigenvalue weighted by Gasteiger charge is -2.16. The normalized spacial score (nSPS) is 27.8. The molecule has 0 saturated carbocycles. The first-order valence-electron chi connectivity index (χ1n) is 7.52. The van der Waals surface area contributed by atoms with E-state index >= 15 is 0 Å². The fourth-order valence-corrected chi connectivity index (χ4v) is 3.24. The van der Waals surface area contributed by atoms with Gasteiger partial charge < -0.3 is 20.3 Å². The highest BCUT2D eigenvalue weighted by molar-refractivity contribution is 5.67. The lowest BCUT2D eigenvalue weighted by Crippen LogP contribution is -2.45. The zero-order valence-corrected chi connectivity index (χ0v) is 13.4. The highest BCUT2D eigenvalue weighted by Crippen LogP contribution is 2.33. The zero-order valence-electron chi connectivity index (χ0n) is 13.4. The van der Waals surface area contributed by atoms with Crippen LogP contribution in [0.4, 0.5) is 5.95 Å². The molecule has 1 aliphatic heterocycles. The van der Waals surface area contributed by atoms with E-state index in [2.05, 4.69) is 9.97 Å². The monoisotopic (exact) mass is 324 g/mol. The van der Waals surface area contributed by atoms with Crippen LogP contribution in [0.2, 0.25) is 0 Å². The molecule has 126 valence electrons. The molecule has 4 N–H and O–H groups in total. The van der Waals surface area contributed by atoms with Crippen LogP contribution >= 0.6 is 0 Å². The van der Waals surface area contributed by atoms with Crippen molar-refractivity contribution in [3.8, 4) is 0 Å². The number of aromatic amines is 1. The second-order valence-corrected chi connectivity index (χ2v) is 5.92. The summed E-state index contributed by atoms with van der Waals surface area (Å²) in [5.74, 6) is -0.0269. The number of aromatic nitrogens is 4. The van der Waals surface area contributed by atoms with E-state index in [9.17, 15) is 9.90 Å². The number of aliphatic hydroxyl groups excluding tert-OH is 1. The summed E-state index contributed by atoms with van der Waals surface area (Å²) < 4.78 is 14.3. The number of nitrogens with one attached hydrogen (secondary N) is 1. The standard InChI is InChI=1S/C14H21N5O4/c1-7-8(4-5-22-3)10(20)13(23-7)19-6-18(2)9-11(19)16-14(15)17-12(9)21/h6-8,10,13,20H,4-5H2,1-3H3,(H2-,15,16,17,21)/p+1/t7-,8-,10-,13?/m1/s1. The first kappa shape index (κ1) is 15.9. The fourth-order valence-electron chi connectivity index (χ4n) is 3.24. The first-order chi connectivity index (χ1) is 10.9. The molecule has 0 spiro atoms. The summed E-state index contributed by atoms with van der Waals surface area (Å²) in [6.07, 6.45) is 0.900. The summed E-state index contributed by atoms with van der Waals surface area (Å²) in [4.78, 5) is 18.7. The van der Waals surface area contributed by atoms with Crippen LogP contribution in [-0.4, -0.2) is 45.6 Å². The largest absolute Gasteiger partial charge is 0.386 e. The maximum atomic E-state index is 12.1. The Kier molecular flexibility index (Phi) is 4.09. The molecule has 3 rings (SSSR count). The maximum absolute atomic E-state index is 12.1. The lowest BCUT2D eigenvalue weighted by atomic mass is 9.95. The minimum Gasteiger partial charge on any atom is -0.386 e. The van der Waals surface area contributed by atoms with Gasteiger partial charge >= 0.3 is 5.65 Å². The molecule has 3 heterocycles. The van der Waals surface area contributed by atoms with Crippen molar-refractivity contribution in [2.75, 3.05) is 19.5 Å². The zero-order chi connectivity index (χ0) is 16.7. The third-order valence-electron chi connectivity index (χ3n) is 4.41. The van der Waals surface area contributed by atoms with Crippen molar-refractivity contribution in [2.24, 2.45) is 13.0 Å². The Morgan fingerprint density at radius 1 is 1.61 bits per heavy atom. The summed E-state index contributed by atoms with van der Waals surface area (Å²) >= 11 is 0. The van der Waals surface area contributed by atoms with E-state index in [1.807, 2.05) is 6.92 Å². The smallest absolute Gasteiger partial charge is 0.313 e. The Morgan fingerprint density at radius 3 is 3.04 bits per heavy atom. The van der Waals surface area contributed by atoms with Crippen LogP contribution in [0.5, 0.6) is 0 Å². The van der Waals surface area contributed by atoms with E-state index in [1.54, 1.807) is 29.6 Å². The molecule has 0 amide bonds. The summed E-state index contributed by atoms with van der Waals surface area (Å²) in [6, 6.07) is 0. The van der Waals surface area contributed by atoms with Crippen LogP contribution in [0.15, 0.2) is 11.1 Å². The van der Waals surface area contributed by atoms with Gasteiger partial charge in [-0.15, -0.1) is 0 Å². The van der Waals surface area contributed by atoms with Gasteiger partial charge in [0.1, 0.15) is 6.10 Å². The number of fused-ring (bicyclic) bond motifs is 1. The number of aryl methyl sites for hydroxylation is 1. The number of hydrogen-bond donors (Lipinski definition) is 3. The topological polar surface area (TPSA) is 119 Å². The van der Waals surface area contributed by atoms with Gasteiger partial charge in [0.15, 0.2) is 6.33 Å². The van der Waals surface area contributed by atoms with Crippen molar-refractivity contribution in [1.29, 1.82) is 0 Å². The maximum Gasteiger partial charge on any atom is 0.313 e. The Morgan fingerprint density at radius 2 is 2.35 bits per heavy atom. The molecule has 23 heavy (non-hydrogen) atoms. The van der Waals surface area contributed by atoms with E-state index < -0.39 is 12.3 Å². The third-order valence-corrected chi connectivity index (χ3v) is 4.41. The quantitative estimate of drug-likeness (QED) is 0.625. The highest BCUT2D eigenvalue weighted by Gasteiger charge is 2.45. The molecule has 1 unspecified atom stereocenters. The predicted molar refractivity (Wildman–Crippen MR) is 81.5 cm³/mol. The summed E-state index contributed by atoms with van der Waals surface area (Å²) in [5, 5.41) is 10.7. The molecule has 9 nitrogen and oxygen atoms in total. The number of rotatable bonds is 4. The first-order valence-corrected chi connectivity index (χ1v) is 7.52. The van der Waals surface area contributed by atoms with Crippen molar-refractivity contribution in [3.05, 3.63) is 16.7 Å². The van der Waals surface area contributed by atoms with Gasteiger partial charge in [-0.05, 0) is 13.3 Å². The number of nitrogens with two attached hydrogens (primary N) is 1. The summed E-state index contributed by atoms with van der Waals surface area (Å²) in [5.41, 5.74) is 6.08. The van der Waals surface area contributed by atoms with Gasteiger partial charge in [0, 0.05) is 19.6 Å². The molecule has 1 fully saturated rings. The van der Waals surface area contributed by atoms with Gasteiger partial charge in [-0.1, -0.05) is 4.98 Å². The molecule has 1 saturated heterocycles. The second-order valence-electron chi connectivity index (χ2n) is 5.92. The van der Waals surface area contributed by atoms with E-state index in [1.165, 1.54) is 0 Å². The number of anilines is 1. The number of nitrogens with zero attached hydrogens (tertiary/aromatic N) is 3. The SMILES string of the molecule is COCC[C@@H]1[C@@H](C)OC([n+]2cn(C)c3c(=O)[nH]c(N)nc32)[C@@H]1O. The second kappa shape index (κ2) is 5.91. The van der Waals surface area contributed by atoms with E-state index in [0.29, 0.717) is 24.2 Å². The average Bonchev–Trinajstić information content (AvgIpc) is 2.95. The van der Waals surface area contributed by atoms with Crippen LogP contribution in [0.25, 0.3) is 11.2 Å². The van der Waals surface area contributed by atoms with Gasteiger partial charge in [0.05, 0.1) is 13.2 Å². The van der Waals surface area contributed by atoms with Crippen molar-refractivity contribution in [1.82, 2.24) is 14.5 Å². The minimum absolute atomic E-state index is 0.0268. The molecule has 0 radical (unpaired) electrons. The molecule has 2 aromatic heterocycles. The third kappa shape index (κ3) is 2.60. The molecular weight excluding hydrogens is 302 g/mol. The number of ether oxygens (including phenoxy) is 2. The number of H-pyrrole nitrogens is 1. The van der Waals surface area contributed by atoms with E-state index in [-0.39, 0.29) is 23.5 Å². The Hall–Kier alpha value is -1.97. The lowest BCUT2D eigenvalue weighted by molar-refractivity contribution is -0.745. The van der Waals surface area contributed by atoms with Crippen LogP contribution in [0.1, 0.15) is 19.6 Å². The highest BCUT2D eigenvalue weighted by atomic mass is 16.5. The average molecular weight is 324 g/mol. The van der Waals surface area contributed by atoms with Gasteiger partial charge in [0.2, 0.25) is 11.7 Å². The molecule has 1 aliphatic rings. The van der Waals surface area contributed by atoms with Crippen LogP contribution in [0.3, 0.4) is 0 Å². The molecule has 9 heteroatoms. The number of aliphatic hydroxyl groups is 1. The number of nitrogen functional groups attached to an aromatic ring is 1. The Balaban J connectivity index is 2.02. The minimum atomic E-state index is -0.724. The van der Waals surface area contributed by atoms with Crippen LogP contribution < -0.4 is 15.9 Å². The number of imidazole rings is 1. The van der Waals surface area contributed by atoms with Gasteiger partial charge in [-0.2, -0.15) is 0 Å². The molecule has 4 atom stereocenters. The van der Waals surface area contributed by atoms with Crippen molar-refractivity contribution in [2.45, 2.75) is 31.8 Å². The van der Waals surface area contributed by atoms with E-state index in [4.69, 9.17) is 15.2 Å². The van der Waals surface area contributed by atoms with Gasteiger partial charge in [-0.3, -0.25) is 14.3 Å². The Bertz CT molecular complexity index is 770. The molecule has 2 aromatic rings. The fraction of sp³-hybridized carbons (Fsp3) is 0.643. The number of methoxy groups -OCH3 is 1. The van der Waals surface area contributed by atoms with Gasteiger partial charge in [-0.25, -0.2) is 4.57 Å². The molecule has 0 aliphatic carbocycles. The molecular formula is C14H22N5O4+. The van der Waals surface area contributed by atoms with Crippen molar-refractivity contribution < 1.29 is 19.1 Å². The van der Waals surface area contributed by atoms with Crippen LogP contribution in [0, 0.1) is 5.92 Å². The molecule has 0 aromatic carbocycles. The van der Waals surface area contributed by atoms with Crippen molar-refractivity contribution in [3.63, 3.8) is 0 Å². The predicted octanol–water partition coefficient (Wildman–Crippen LogP) is -0.938.